The van der Waals surface area contributed by atoms with E-state index >= 15 is 0 Å². The molecule has 1 atom stereocenters. The van der Waals surface area contributed by atoms with Gasteiger partial charge in [-0.2, -0.15) is 0 Å². The Morgan fingerprint density at radius 1 is 1.35 bits per heavy atom. The van der Waals surface area contributed by atoms with E-state index in [0.717, 1.165) is 5.56 Å². The molecule has 0 radical (unpaired) electrons. The fourth-order valence-electron chi connectivity index (χ4n) is 2.65. The summed E-state index contributed by atoms with van der Waals surface area (Å²) in [5.74, 6) is -0.877. The molecule has 1 amide bonds. The molecule has 0 spiro atoms. The van der Waals surface area contributed by atoms with Crippen LogP contribution in [0, 0.1) is 10.1 Å². The minimum absolute atomic E-state index is 0.0457. The zero-order chi connectivity index (χ0) is 16.4. The van der Waals surface area contributed by atoms with Crippen molar-refractivity contribution in [1.82, 2.24) is 10.2 Å². The van der Waals surface area contributed by atoms with Gasteiger partial charge >= 0.3 is 5.88 Å². The van der Waals surface area contributed by atoms with Crippen molar-refractivity contribution in [3.05, 3.63) is 62.9 Å². The largest absolute Gasteiger partial charge is 0.433 e. The van der Waals surface area contributed by atoms with E-state index in [0.29, 0.717) is 24.7 Å². The SMILES string of the molecule is O=C(c1ccc([N+](=O)[O-])o1)N1CCNCC1c1ccccc1Cl. The number of nitro groups is 1. The van der Waals surface area contributed by atoms with Crippen molar-refractivity contribution in [2.45, 2.75) is 6.04 Å². The van der Waals surface area contributed by atoms with Crippen LogP contribution in [-0.2, 0) is 0 Å². The summed E-state index contributed by atoms with van der Waals surface area (Å²) in [6.07, 6.45) is 0. The van der Waals surface area contributed by atoms with Crippen LogP contribution in [0.15, 0.2) is 40.8 Å². The number of nitrogens with one attached hydrogen (secondary N) is 1. The number of hydrogen-bond donors (Lipinski definition) is 1. The van der Waals surface area contributed by atoms with E-state index < -0.39 is 10.8 Å². The predicted octanol–water partition coefficient (Wildman–Crippen LogP) is 2.63. The van der Waals surface area contributed by atoms with Gasteiger partial charge < -0.3 is 14.6 Å². The monoisotopic (exact) mass is 335 g/mol. The van der Waals surface area contributed by atoms with E-state index in [4.69, 9.17) is 16.0 Å². The van der Waals surface area contributed by atoms with Crippen LogP contribution >= 0.6 is 11.6 Å². The first-order valence-corrected chi connectivity index (χ1v) is 7.46. The lowest BCUT2D eigenvalue weighted by Gasteiger charge is -2.36. The summed E-state index contributed by atoms with van der Waals surface area (Å²) >= 11 is 6.24. The lowest BCUT2D eigenvalue weighted by molar-refractivity contribution is -0.402. The summed E-state index contributed by atoms with van der Waals surface area (Å²) in [4.78, 5) is 24.3. The maximum Gasteiger partial charge on any atom is 0.433 e. The molecule has 8 heteroatoms. The topological polar surface area (TPSA) is 88.6 Å². The molecule has 0 saturated carbocycles. The second-order valence-corrected chi connectivity index (χ2v) is 5.54. The van der Waals surface area contributed by atoms with Gasteiger partial charge in [-0.3, -0.25) is 14.9 Å². The lowest BCUT2D eigenvalue weighted by atomic mass is 10.0. The summed E-state index contributed by atoms with van der Waals surface area (Å²) in [6.45, 7) is 1.65. The highest BCUT2D eigenvalue weighted by Crippen LogP contribution is 2.30. The fourth-order valence-corrected chi connectivity index (χ4v) is 2.91. The van der Waals surface area contributed by atoms with Crippen molar-refractivity contribution in [1.29, 1.82) is 0 Å². The van der Waals surface area contributed by atoms with Crippen LogP contribution in [0.1, 0.15) is 22.2 Å². The van der Waals surface area contributed by atoms with Gasteiger partial charge in [0.2, 0.25) is 0 Å². The Morgan fingerprint density at radius 2 is 2.13 bits per heavy atom. The van der Waals surface area contributed by atoms with Crippen LogP contribution in [-0.4, -0.2) is 35.4 Å². The Balaban J connectivity index is 1.90. The minimum atomic E-state index is -0.667. The third-order valence-corrected chi connectivity index (χ3v) is 4.10. The summed E-state index contributed by atoms with van der Waals surface area (Å²) in [7, 11) is 0. The van der Waals surface area contributed by atoms with Crippen LogP contribution in [0.3, 0.4) is 0 Å². The summed E-state index contributed by atoms with van der Waals surface area (Å²) in [5.41, 5.74) is 0.829. The maximum absolute atomic E-state index is 12.7. The summed E-state index contributed by atoms with van der Waals surface area (Å²) in [5, 5.41) is 14.5. The molecule has 2 aromatic rings. The third-order valence-electron chi connectivity index (χ3n) is 3.75. The van der Waals surface area contributed by atoms with Crippen molar-refractivity contribution in [2.75, 3.05) is 19.6 Å². The summed E-state index contributed by atoms with van der Waals surface area (Å²) < 4.78 is 5.03. The molecule has 1 aliphatic heterocycles. The molecule has 0 bridgehead atoms. The molecule has 2 heterocycles. The Labute approximate surface area is 137 Å². The number of carbonyl (C=O) groups excluding carboxylic acids is 1. The standard InChI is InChI=1S/C15H14ClN3O4/c16-11-4-2-1-3-10(11)12-9-17-7-8-18(12)15(20)13-5-6-14(23-13)19(21)22/h1-6,12,17H,7-9H2. The molecule has 1 aliphatic rings. The zero-order valence-electron chi connectivity index (χ0n) is 12.1. The molecular formula is C15H14ClN3O4. The van der Waals surface area contributed by atoms with Gasteiger partial charge in [0, 0.05) is 24.7 Å². The predicted molar refractivity (Wildman–Crippen MR) is 83.5 cm³/mol. The number of carbonyl (C=O) groups is 1. The second-order valence-electron chi connectivity index (χ2n) is 5.13. The number of hydrogen-bond acceptors (Lipinski definition) is 5. The number of furan rings is 1. The van der Waals surface area contributed by atoms with E-state index in [9.17, 15) is 14.9 Å². The minimum Gasteiger partial charge on any atom is -0.395 e. The highest BCUT2D eigenvalue weighted by atomic mass is 35.5. The molecular weight excluding hydrogens is 322 g/mol. The van der Waals surface area contributed by atoms with Gasteiger partial charge in [-0.15, -0.1) is 0 Å². The summed E-state index contributed by atoms with van der Waals surface area (Å²) in [6, 6.07) is 9.57. The molecule has 3 rings (SSSR count). The molecule has 7 nitrogen and oxygen atoms in total. The van der Waals surface area contributed by atoms with Gasteiger partial charge in [-0.25, -0.2) is 0 Å². The van der Waals surface area contributed by atoms with Crippen LogP contribution in [0.25, 0.3) is 0 Å². The van der Waals surface area contributed by atoms with Crippen molar-refractivity contribution in [3.63, 3.8) is 0 Å². The number of benzene rings is 1. The number of amides is 1. The molecule has 1 unspecified atom stereocenters. The highest BCUT2D eigenvalue weighted by Gasteiger charge is 2.32. The van der Waals surface area contributed by atoms with Gasteiger partial charge in [0.15, 0.2) is 5.76 Å². The molecule has 1 aromatic heterocycles. The molecule has 0 aliphatic carbocycles. The number of nitrogens with zero attached hydrogens (tertiary/aromatic N) is 2. The van der Waals surface area contributed by atoms with Crippen molar-refractivity contribution < 1.29 is 14.1 Å². The lowest BCUT2D eigenvalue weighted by Crippen LogP contribution is -2.48. The van der Waals surface area contributed by atoms with Crippen LogP contribution in [0.4, 0.5) is 5.88 Å². The van der Waals surface area contributed by atoms with Gasteiger partial charge in [-0.05, 0) is 17.7 Å². The fraction of sp³-hybridized carbons (Fsp3) is 0.267. The number of piperazine rings is 1. The first-order valence-electron chi connectivity index (χ1n) is 7.08. The van der Waals surface area contributed by atoms with Gasteiger partial charge in [0.25, 0.3) is 5.91 Å². The van der Waals surface area contributed by atoms with E-state index in [1.165, 1.54) is 12.1 Å². The zero-order valence-corrected chi connectivity index (χ0v) is 12.8. The third kappa shape index (κ3) is 3.06. The van der Waals surface area contributed by atoms with Crippen LogP contribution < -0.4 is 5.32 Å². The Hall–Kier alpha value is -2.38. The molecule has 1 saturated heterocycles. The Bertz CT molecular complexity index is 746. The second kappa shape index (κ2) is 6.39. The molecule has 1 N–H and O–H groups in total. The van der Waals surface area contributed by atoms with Crippen LogP contribution in [0.2, 0.25) is 5.02 Å². The highest BCUT2D eigenvalue weighted by molar-refractivity contribution is 6.31. The van der Waals surface area contributed by atoms with E-state index in [1.54, 1.807) is 11.0 Å². The van der Waals surface area contributed by atoms with Gasteiger partial charge in [0.1, 0.15) is 4.92 Å². The van der Waals surface area contributed by atoms with E-state index in [2.05, 4.69) is 5.32 Å². The number of halogens is 1. The van der Waals surface area contributed by atoms with Crippen molar-refractivity contribution in [3.8, 4) is 0 Å². The normalized spacial score (nSPS) is 18.0. The smallest absolute Gasteiger partial charge is 0.395 e. The van der Waals surface area contributed by atoms with Crippen molar-refractivity contribution in [2.24, 2.45) is 0 Å². The van der Waals surface area contributed by atoms with E-state index in [1.807, 2.05) is 18.2 Å². The Morgan fingerprint density at radius 3 is 2.83 bits per heavy atom. The van der Waals surface area contributed by atoms with Gasteiger partial charge in [-0.1, -0.05) is 29.8 Å². The first kappa shape index (κ1) is 15.5. The molecule has 1 fully saturated rings. The van der Waals surface area contributed by atoms with Gasteiger partial charge in [0.05, 0.1) is 12.1 Å². The average molecular weight is 336 g/mol. The molecule has 120 valence electrons. The maximum atomic E-state index is 12.7. The molecule has 1 aromatic carbocycles. The molecule has 23 heavy (non-hydrogen) atoms. The average Bonchev–Trinajstić information content (AvgIpc) is 3.05. The van der Waals surface area contributed by atoms with Crippen LogP contribution in [0.5, 0.6) is 0 Å². The van der Waals surface area contributed by atoms with Crippen molar-refractivity contribution >= 4 is 23.4 Å². The number of rotatable bonds is 3. The van der Waals surface area contributed by atoms with E-state index in [-0.39, 0.29) is 17.7 Å². The quantitative estimate of drug-likeness (QED) is 0.688. The first-order chi connectivity index (χ1) is 11.1. The Kier molecular flexibility index (Phi) is 4.31.